The second-order valence-electron chi connectivity index (χ2n) is 7.71. The molecule has 8 heteroatoms. The zero-order chi connectivity index (χ0) is 21.8. The lowest BCUT2D eigenvalue weighted by Crippen LogP contribution is -2.74. The van der Waals surface area contributed by atoms with Crippen molar-refractivity contribution >= 4 is 29.1 Å². The Hall–Kier alpha value is -3.45. The van der Waals surface area contributed by atoms with Crippen molar-refractivity contribution in [2.45, 2.75) is 18.6 Å². The molecule has 2 aromatic carbocycles. The van der Waals surface area contributed by atoms with Gasteiger partial charge in [0.25, 0.3) is 5.91 Å². The Labute approximate surface area is 184 Å². The van der Waals surface area contributed by atoms with Gasteiger partial charge in [-0.3, -0.25) is 9.59 Å². The molecule has 0 bridgehead atoms. The van der Waals surface area contributed by atoms with Crippen molar-refractivity contribution in [3.05, 3.63) is 82.6 Å². The molecule has 3 heterocycles. The van der Waals surface area contributed by atoms with E-state index in [2.05, 4.69) is 9.97 Å². The number of amides is 2. The number of halogens is 1. The summed E-state index contributed by atoms with van der Waals surface area (Å²) in [6.07, 6.45) is 2.32. The summed E-state index contributed by atoms with van der Waals surface area (Å²) < 4.78 is 6.08. The normalized spacial score (nSPS) is 22.4. The van der Waals surface area contributed by atoms with Crippen LogP contribution in [0.3, 0.4) is 0 Å². The van der Waals surface area contributed by atoms with E-state index in [0.29, 0.717) is 10.7 Å². The van der Waals surface area contributed by atoms with Gasteiger partial charge in [-0.1, -0.05) is 41.9 Å². The maximum Gasteiger partial charge on any atom is 0.317 e. The molecule has 1 aromatic heterocycles. The van der Waals surface area contributed by atoms with Gasteiger partial charge in [0.15, 0.2) is 0 Å². The van der Waals surface area contributed by atoms with Crippen molar-refractivity contribution in [3.63, 3.8) is 0 Å². The third-order valence-electron chi connectivity index (χ3n) is 5.89. The molecule has 2 atom stereocenters. The van der Waals surface area contributed by atoms with Gasteiger partial charge in [0.2, 0.25) is 12.0 Å². The minimum absolute atomic E-state index is 0.0782. The SMILES string of the molecule is Cc1cnc(O[C@@H]2C(=O)N3CC(=O)N(C)c4ccc(Cl)cc4[C@]23c2ccccc2)nc1. The summed E-state index contributed by atoms with van der Waals surface area (Å²) in [5.41, 5.74) is 2.04. The number of rotatable bonds is 3. The molecule has 0 unspecified atom stereocenters. The number of nitrogens with zero attached hydrogens (tertiary/aromatic N) is 4. The van der Waals surface area contributed by atoms with E-state index >= 15 is 0 Å². The number of carbonyl (C=O) groups is 2. The van der Waals surface area contributed by atoms with Gasteiger partial charge in [-0.25, -0.2) is 9.97 Å². The molecule has 1 fully saturated rings. The fourth-order valence-corrected chi connectivity index (χ4v) is 4.55. The van der Waals surface area contributed by atoms with Gasteiger partial charge < -0.3 is 14.5 Å². The number of benzene rings is 2. The Kier molecular flexibility index (Phi) is 4.44. The number of likely N-dealkylation sites (N-methyl/N-ethyl adjacent to an activating group) is 1. The van der Waals surface area contributed by atoms with Gasteiger partial charge >= 0.3 is 6.01 Å². The topological polar surface area (TPSA) is 75.6 Å². The van der Waals surface area contributed by atoms with Crippen LogP contribution in [0.4, 0.5) is 5.69 Å². The number of fused-ring (bicyclic) bond motifs is 3. The van der Waals surface area contributed by atoms with Gasteiger partial charge in [0, 0.05) is 35.7 Å². The molecule has 1 saturated heterocycles. The Morgan fingerprint density at radius 2 is 1.81 bits per heavy atom. The Morgan fingerprint density at radius 1 is 1.10 bits per heavy atom. The fraction of sp³-hybridized carbons (Fsp3) is 0.217. The van der Waals surface area contributed by atoms with Crippen molar-refractivity contribution in [2.75, 3.05) is 18.5 Å². The van der Waals surface area contributed by atoms with Crippen LogP contribution in [-0.4, -0.2) is 46.4 Å². The molecule has 31 heavy (non-hydrogen) atoms. The van der Waals surface area contributed by atoms with Crippen LogP contribution in [0.25, 0.3) is 0 Å². The molecule has 0 spiro atoms. The van der Waals surface area contributed by atoms with E-state index in [0.717, 1.165) is 16.7 Å². The summed E-state index contributed by atoms with van der Waals surface area (Å²) in [7, 11) is 1.70. The first-order chi connectivity index (χ1) is 14.9. The number of ether oxygens (including phenoxy) is 1. The average Bonchev–Trinajstić information content (AvgIpc) is 2.86. The molecular weight excluding hydrogens is 416 g/mol. The van der Waals surface area contributed by atoms with E-state index in [1.807, 2.05) is 37.3 Å². The largest absolute Gasteiger partial charge is 0.447 e. The Balaban J connectivity index is 1.76. The third-order valence-corrected chi connectivity index (χ3v) is 6.12. The highest BCUT2D eigenvalue weighted by molar-refractivity contribution is 6.30. The van der Waals surface area contributed by atoms with Crippen molar-refractivity contribution in [1.29, 1.82) is 0 Å². The van der Waals surface area contributed by atoms with Gasteiger partial charge in [-0.15, -0.1) is 0 Å². The second-order valence-corrected chi connectivity index (χ2v) is 8.15. The number of anilines is 1. The standard InChI is InChI=1S/C23H19ClN4O3/c1-14-11-25-22(26-12-14)31-20-21(30)28-13-19(29)27(2)18-9-8-16(24)10-17(18)23(20,28)15-6-4-3-5-7-15/h3-12,20H,13H2,1-2H3/t20-,23-/m1/s1. The highest BCUT2D eigenvalue weighted by Crippen LogP contribution is 2.53. The minimum atomic E-state index is -1.05. The summed E-state index contributed by atoms with van der Waals surface area (Å²) in [6, 6.07) is 15.0. The number of carbonyl (C=O) groups excluding carboxylic acids is 2. The van der Waals surface area contributed by atoms with Crippen molar-refractivity contribution in [3.8, 4) is 6.01 Å². The van der Waals surface area contributed by atoms with Crippen molar-refractivity contribution in [1.82, 2.24) is 14.9 Å². The van der Waals surface area contributed by atoms with E-state index in [1.54, 1.807) is 47.4 Å². The van der Waals surface area contributed by atoms with Crippen LogP contribution >= 0.6 is 11.6 Å². The zero-order valence-corrected chi connectivity index (χ0v) is 17.7. The molecule has 156 valence electrons. The van der Waals surface area contributed by atoms with E-state index < -0.39 is 11.6 Å². The van der Waals surface area contributed by atoms with E-state index in [9.17, 15) is 9.59 Å². The van der Waals surface area contributed by atoms with Crippen molar-refractivity contribution in [2.24, 2.45) is 0 Å². The molecule has 0 N–H and O–H groups in total. The highest BCUT2D eigenvalue weighted by atomic mass is 35.5. The number of β-lactam (4-membered cyclic amide) rings is 1. The fourth-order valence-electron chi connectivity index (χ4n) is 4.38. The van der Waals surface area contributed by atoms with Crippen LogP contribution < -0.4 is 9.64 Å². The van der Waals surface area contributed by atoms with Crippen LogP contribution in [0.15, 0.2) is 60.9 Å². The molecule has 7 nitrogen and oxygen atoms in total. The quantitative estimate of drug-likeness (QED) is 0.592. The zero-order valence-electron chi connectivity index (χ0n) is 16.9. The maximum atomic E-state index is 13.3. The number of hydrogen-bond donors (Lipinski definition) is 0. The summed E-state index contributed by atoms with van der Waals surface area (Å²) in [5.74, 6) is -0.498. The van der Waals surface area contributed by atoms with Crippen LogP contribution in [0.1, 0.15) is 16.7 Å². The summed E-state index contributed by atoms with van der Waals surface area (Å²) in [4.78, 5) is 37.7. The van der Waals surface area contributed by atoms with Gasteiger partial charge in [-0.2, -0.15) is 0 Å². The lowest BCUT2D eigenvalue weighted by molar-refractivity contribution is -0.178. The molecule has 5 rings (SSSR count). The molecule has 0 saturated carbocycles. The first-order valence-corrected chi connectivity index (χ1v) is 10.2. The molecule has 0 radical (unpaired) electrons. The molecular formula is C23H19ClN4O3. The number of hydrogen-bond acceptors (Lipinski definition) is 5. The van der Waals surface area contributed by atoms with E-state index in [1.165, 1.54) is 0 Å². The predicted octanol–water partition coefficient (Wildman–Crippen LogP) is 2.95. The van der Waals surface area contributed by atoms with E-state index in [4.69, 9.17) is 16.3 Å². The van der Waals surface area contributed by atoms with Gasteiger partial charge in [-0.05, 0) is 36.2 Å². The van der Waals surface area contributed by atoms with E-state index in [-0.39, 0.29) is 24.4 Å². The summed E-state index contributed by atoms with van der Waals surface area (Å²) in [5, 5.41) is 0.501. The molecule has 2 aliphatic rings. The third kappa shape index (κ3) is 2.80. The molecule has 3 aromatic rings. The first-order valence-electron chi connectivity index (χ1n) is 9.82. The lowest BCUT2D eigenvalue weighted by Gasteiger charge is -2.55. The smallest absolute Gasteiger partial charge is 0.317 e. The lowest BCUT2D eigenvalue weighted by atomic mass is 9.69. The summed E-state index contributed by atoms with van der Waals surface area (Å²) >= 11 is 6.39. The highest BCUT2D eigenvalue weighted by Gasteiger charge is 2.66. The molecule has 2 amide bonds. The average molecular weight is 435 g/mol. The second kappa shape index (κ2) is 7.06. The Morgan fingerprint density at radius 3 is 2.52 bits per heavy atom. The predicted molar refractivity (Wildman–Crippen MR) is 115 cm³/mol. The summed E-state index contributed by atoms with van der Waals surface area (Å²) in [6.45, 7) is 1.79. The van der Waals surface area contributed by atoms with Crippen LogP contribution in [-0.2, 0) is 15.1 Å². The first kappa shape index (κ1) is 19.5. The Bertz CT molecular complexity index is 1190. The molecule has 2 aliphatic heterocycles. The van der Waals surface area contributed by atoms with Crippen molar-refractivity contribution < 1.29 is 14.3 Å². The van der Waals surface area contributed by atoms with Crippen LogP contribution in [0, 0.1) is 6.92 Å². The minimum Gasteiger partial charge on any atom is -0.447 e. The molecule has 0 aliphatic carbocycles. The number of aryl methyl sites for hydroxylation is 1. The van der Waals surface area contributed by atoms with Gasteiger partial charge in [0.1, 0.15) is 12.1 Å². The maximum absolute atomic E-state index is 13.3. The van der Waals surface area contributed by atoms with Gasteiger partial charge in [0.05, 0.1) is 0 Å². The number of aromatic nitrogens is 2. The van der Waals surface area contributed by atoms with Crippen LogP contribution in [0.5, 0.6) is 6.01 Å². The van der Waals surface area contributed by atoms with Crippen LogP contribution in [0.2, 0.25) is 5.02 Å². The monoisotopic (exact) mass is 434 g/mol.